The fourth-order valence-electron chi connectivity index (χ4n) is 3.04. The maximum absolute atomic E-state index is 5.47. The minimum Gasteiger partial charge on any atom is -0.493 e. The molecule has 7 nitrogen and oxygen atoms in total. The molecule has 0 unspecified atom stereocenters. The first-order valence-electron chi connectivity index (χ1n) is 8.69. The fraction of sp³-hybridized carbons (Fsp3) is 0.143. The lowest BCUT2D eigenvalue weighted by atomic mass is 10.1. The number of imidazole rings is 1. The molecule has 0 spiro atoms. The summed E-state index contributed by atoms with van der Waals surface area (Å²) < 4.78 is 18.3. The van der Waals surface area contributed by atoms with Gasteiger partial charge in [-0.1, -0.05) is 18.2 Å². The van der Waals surface area contributed by atoms with Crippen LogP contribution in [0.3, 0.4) is 0 Å². The Bertz CT molecular complexity index is 1080. The van der Waals surface area contributed by atoms with Gasteiger partial charge in [0.25, 0.3) is 0 Å². The van der Waals surface area contributed by atoms with E-state index >= 15 is 0 Å². The van der Waals surface area contributed by atoms with E-state index in [0.717, 1.165) is 22.6 Å². The molecule has 4 aromatic rings. The molecule has 0 saturated carbocycles. The van der Waals surface area contributed by atoms with Crippen molar-refractivity contribution < 1.29 is 14.2 Å². The SMILES string of the molecule is COc1cc(-c2cn3ccnc3c(Nc3ccccc3)n2)cc(OC)c1OC. The molecule has 0 bridgehead atoms. The first-order chi connectivity index (χ1) is 13.7. The number of methoxy groups -OCH3 is 3. The van der Waals surface area contributed by atoms with Gasteiger partial charge in [0.2, 0.25) is 5.75 Å². The van der Waals surface area contributed by atoms with Gasteiger partial charge in [-0.15, -0.1) is 0 Å². The molecule has 0 aliphatic rings. The number of hydrogen-bond donors (Lipinski definition) is 1. The van der Waals surface area contributed by atoms with Crippen molar-refractivity contribution in [2.45, 2.75) is 0 Å². The van der Waals surface area contributed by atoms with Crippen molar-refractivity contribution in [3.63, 3.8) is 0 Å². The van der Waals surface area contributed by atoms with Gasteiger partial charge in [0.05, 0.1) is 27.0 Å². The third-order valence-corrected chi connectivity index (χ3v) is 4.37. The summed E-state index contributed by atoms with van der Waals surface area (Å²) in [6, 6.07) is 13.6. The van der Waals surface area contributed by atoms with Crippen molar-refractivity contribution >= 4 is 17.2 Å². The molecule has 0 atom stereocenters. The van der Waals surface area contributed by atoms with E-state index < -0.39 is 0 Å². The van der Waals surface area contributed by atoms with E-state index in [0.29, 0.717) is 23.1 Å². The Morgan fingerprint density at radius 3 is 2.29 bits per heavy atom. The maximum atomic E-state index is 5.47. The van der Waals surface area contributed by atoms with Gasteiger partial charge in [-0.3, -0.25) is 0 Å². The lowest BCUT2D eigenvalue weighted by Gasteiger charge is -2.15. The van der Waals surface area contributed by atoms with Crippen LogP contribution in [0, 0.1) is 0 Å². The third kappa shape index (κ3) is 3.18. The number of hydrogen-bond acceptors (Lipinski definition) is 6. The molecule has 2 heterocycles. The number of anilines is 2. The Kier molecular flexibility index (Phi) is 4.72. The molecule has 2 aromatic carbocycles. The molecule has 4 rings (SSSR count). The van der Waals surface area contributed by atoms with E-state index in [9.17, 15) is 0 Å². The zero-order valence-electron chi connectivity index (χ0n) is 15.8. The van der Waals surface area contributed by atoms with Gasteiger partial charge in [-0.2, -0.15) is 0 Å². The largest absolute Gasteiger partial charge is 0.493 e. The van der Waals surface area contributed by atoms with E-state index in [1.165, 1.54) is 0 Å². The molecule has 2 aromatic heterocycles. The monoisotopic (exact) mass is 376 g/mol. The zero-order valence-corrected chi connectivity index (χ0v) is 15.8. The second kappa shape index (κ2) is 7.48. The van der Waals surface area contributed by atoms with Crippen LogP contribution < -0.4 is 19.5 Å². The molecule has 0 aliphatic carbocycles. The average molecular weight is 376 g/mol. The summed E-state index contributed by atoms with van der Waals surface area (Å²) in [5, 5.41) is 3.34. The van der Waals surface area contributed by atoms with Crippen molar-refractivity contribution in [2.75, 3.05) is 26.6 Å². The van der Waals surface area contributed by atoms with Crippen molar-refractivity contribution in [3.8, 4) is 28.5 Å². The van der Waals surface area contributed by atoms with E-state index in [1.54, 1.807) is 27.5 Å². The smallest absolute Gasteiger partial charge is 0.203 e. The van der Waals surface area contributed by atoms with E-state index in [2.05, 4.69) is 10.3 Å². The molecule has 0 radical (unpaired) electrons. The zero-order chi connectivity index (χ0) is 19.5. The number of ether oxygens (including phenoxy) is 3. The number of nitrogens with zero attached hydrogens (tertiary/aromatic N) is 3. The summed E-state index contributed by atoms with van der Waals surface area (Å²) in [6.45, 7) is 0. The van der Waals surface area contributed by atoms with Gasteiger partial charge in [0.1, 0.15) is 0 Å². The Morgan fingerprint density at radius 1 is 0.929 bits per heavy atom. The van der Waals surface area contributed by atoms with Crippen LogP contribution in [0.5, 0.6) is 17.2 Å². The predicted octanol–water partition coefficient (Wildman–Crippen LogP) is 4.17. The van der Waals surface area contributed by atoms with Crippen LogP contribution in [0.25, 0.3) is 16.9 Å². The summed E-state index contributed by atoms with van der Waals surface area (Å²) in [5.74, 6) is 2.34. The van der Waals surface area contributed by atoms with Gasteiger partial charge in [-0.05, 0) is 24.3 Å². The minimum atomic E-state index is 0.542. The topological polar surface area (TPSA) is 69.9 Å². The van der Waals surface area contributed by atoms with Crippen LogP contribution in [0.15, 0.2) is 61.1 Å². The molecular weight excluding hydrogens is 356 g/mol. The second-order valence-corrected chi connectivity index (χ2v) is 6.04. The highest BCUT2D eigenvalue weighted by molar-refractivity contribution is 5.75. The summed E-state index contributed by atoms with van der Waals surface area (Å²) in [7, 11) is 4.77. The van der Waals surface area contributed by atoms with Crippen LogP contribution in [0.1, 0.15) is 0 Å². The van der Waals surface area contributed by atoms with Gasteiger partial charge in [-0.25, -0.2) is 9.97 Å². The summed E-state index contributed by atoms with van der Waals surface area (Å²) >= 11 is 0. The van der Waals surface area contributed by atoms with Gasteiger partial charge in [0.15, 0.2) is 23.0 Å². The van der Waals surface area contributed by atoms with Crippen LogP contribution in [0.4, 0.5) is 11.5 Å². The number of aromatic nitrogens is 3. The summed E-state index contributed by atoms with van der Waals surface area (Å²) in [4.78, 5) is 9.21. The Labute approximate surface area is 162 Å². The number of benzene rings is 2. The summed E-state index contributed by atoms with van der Waals surface area (Å²) in [6.07, 6.45) is 5.54. The van der Waals surface area contributed by atoms with Crippen LogP contribution in [-0.2, 0) is 0 Å². The molecule has 0 aliphatic heterocycles. The number of para-hydroxylation sites is 1. The van der Waals surface area contributed by atoms with Crippen LogP contribution in [-0.4, -0.2) is 35.7 Å². The van der Waals surface area contributed by atoms with Crippen LogP contribution in [0.2, 0.25) is 0 Å². The highest BCUT2D eigenvalue weighted by Gasteiger charge is 2.16. The second-order valence-electron chi connectivity index (χ2n) is 6.04. The number of rotatable bonds is 6. The molecule has 7 heteroatoms. The van der Waals surface area contributed by atoms with Crippen molar-refractivity contribution in [3.05, 3.63) is 61.1 Å². The van der Waals surface area contributed by atoms with Gasteiger partial charge >= 0.3 is 0 Å². The quantitative estimate of drug-likeness (QED) is 0.545. The standard InChI is InChI=1S/C21H20N4O3/c1-26-17-11-14(12-18(27-2)19(17)28-3)16-13-25-10-9-22-21(25)20(24-16)23-15-7-5-4-6-8-15/h4-13H,1-3H3,(H,23,24). The molecule has 0 fully saturated rings. The van der Waals surface area contributed by atoms with E-state index in [4.69, 9.17) is 19.2 Å². The average Bonchev–Trinajstić information content (AvgIpc) is 3.22. The Morgan fingerprint density at radius 2 is 1.64 bits per heavy atom. The van der Waals surface area contributed by atoms with Crippen molar-refractivity contribution in [1.82, 2.24) is 14.4 Å². The first kappa shape index (κ1) is 17.7. The molecule has 1 N–H and O–H groups in total. The highest BCUT2D eigenvalue weighted by Crippen LogP contribution is 2.41. The third-order valence-electron chi connectivity index (χ3n) is 4.37. The first-order valence-corrected chi connectivity index (χ1v) is 8.69. The van der Waals surface area contributed by atoms with E-state index in [-0.39, 0.29) is 0 Å². The fourth-order valence-corrected chi connectivity index (χ4v) is 3.04. The lowest BCUT2D eigenvalue weighted by Crippen LogP contribution is -2.01. The van der Waals surface area contributed by atoms with E-state index in [1.807, 2.05) is 59.3 Å². The van der Waals surface area contributed by atoms with Crippen molar-refractivity contribution in [2.24, 2.45) is 0 Å². The molecule has 0 saturated heterocycles. The molecular formula is C21H20N4O3. The van der Waals surface area contributed by atoms with Crippen LogP contribution >= 0.6 is 0 Å². The summed E-state index contributed by atoms with van der Waals surface area (Å²) in [5.41, 5.74) is 3.24. The van der Waals surface area contributed by atoms with Crippen molar-refractivity contribution in [1.29, 1.82) is 0 Å². The molecule has 142 valence electrons. The Hall–Kier alpha value is -3.74. The predicted molar refractivity (Wildman–Crippen MR) is 108 cm³/mol. The van der Waals surface area contributed by atoms with Gasteiger partial charge < -0.3 is 23.9 Å². The molecule has 0 amide bonds. The lowest BCUT2D eigenvalue weighted by molar-refractivity contribution is 0.324. The minimum absolute atomic E-state index is 0.542. The number of fused-ring (bicyclic) bond motifs is 1. The Balaban J connectivity index is 1.85. The number of nitrogens with one attached hydrogen (secondary N) is 1. The molecule has 28 heavy (non-hydrogen) atoms. The maximum Gasteiger partial charge on any atom is 0.203 e. The normalized spacial score (nSPS) is 10.7. The highest BCUT2D eigenvalue weighted by atomic mass is 16.5. The van der Waals surface area contributed by atoms with Gasteiger partial charge in [0, 0.05) is 29.8 Å².